The van der Waals surface area contributed by atoms with E-state index in [1.165, 1.54) is 44.6 Å². The van der Waals surface area contributed by atoms with Gasteiger partial charge in [-0.3, -0.25) is 42.4 Å². The summed E-state index contributed by atoms with van der Waals surface area (Å²) in [7, 11) is -7.89. The molecule has 0 aliphatic carbocycles. The second-order valence-corrected chi connectivity index (χ2v) is 18.2. The molecule has 9 rings (SSSR count). The van der Waals surface area contributed by atoms with E-state index in [1.807, 2.05) is 6.07 Å². The van der Waals surface area contributed by atoms with Crippen molar-refractivity contribution in [2.45, 2.75) is 69.6 Å². The smallest absolute Gasteiger partial charge is 0.394 e. The van der Waals surface area contributed by atoms with Gasteiger partial charge in [-0.05, 0) is 24.1 Å². The molecule has 0 saturated carbocycles. The molecule has 9 atom stereocenters. The molecule has 5 aromatic heterocycles. The number of anilines is 1. The van der Waals surface area contributed by atoms with Crippen molar-refractivity contribution in [3.8, 4) is 6.07 Å². The van der Waals surface area contributed by atoms with Gasteiger partial charge in [0.15, 0.2) is 28.1 Å². The first-order valence-electron chi connectivity index (χ1n) is 21.2. The van der Waals surface area contributed by atoms with Crippen molar-refractivity contribution >= 4 is 61.6 Å². The second-order valence-electron chi connectivity index (χ2n) is 15.9. The first kappa shape index (κ1) is 47.3. The lowest BCUT2D eigenvalue weighted by molar-refractivity contribution is -0.384. The molecule has 0 spiro atoms. The molecule has 1 amide bonds. The lowest BCUT2D eigenvalue weighted by atomic mass is 10.0. The van der Waals surface area contributed by atoms with Gasteiger partial charge in [-0.25, -0.2) is 28.9 Å². The highest BCUT2D eigenvalue weighted by Crippen LogP contribution is 2.55. The average molecular weight is 988 g/mol. The Hall–Kier alpha value is -6.75. The van der Waals surface area contributed by atoms with Crippen molar-refractivity contribution in [1.29, 1.82) is 5.26 Å². The summed E-state index contributed by atoms with van der Waals surface area (Å²) < 4.78 is 68.0. The molecule has 2 unspecified atom stereocenters. The molecular formula is C41H41N12O14P2+. The zero-order chi connectivity index (χ0) is 48.4. The SMILES string of the molecule is C[C@@H]1[C@H](OP(=O)(OCCC#N)OC[C@H]2O[C@@H](n3cnc4c(NC(=O)c5ccccc5)ncnc43)C[C@@H]2O[P+](=O)O)[C@@H](CO)O[C@H]1n1cnc2c(=O)n3ccn(CCc4ccc([N+](=O)[O-])cc4)c3nc21. The largest absolute Gasteiger partial charge is 0.695 e. The summed E-state index contributed by atoms with van der Waals surface area (Å²) in [5, 5.41) is 33.7. The van der Waals surface area contributed by atoms with Crippen molar-refractivity contribution < 1.29 is 56.4 Å². The maximum absolute atomic E-state index is 14.6. The third-order valence-corrected chi connectivity index (χ3v) is 13.5. The highest BCUT2D eigenvalue weighted by Gasteiger charge is 2.50. The topological polar surface area (TPSA) is 327 Å². The van der Waals surface area contributed by atoms with Crippen molar-refractivity contribution in [3.63, 3.8) is 0 Å². The Bertz CT molecular complexity index is 3200. The Morgan fingerprint density at radius 2 is 1.80 bits per heavy atom. The highest BCUT2D eigenvalue weighted by atomic mass is 31.2. The number of amides is 1. The van der Waals surface area contributed by atoms with Crippen LogP contribution in [0, 0.1) is 27.4 Å². The number of fused-ring (bicyclic) bond motifs is 3. The van der Waals surface area contributed by atoms with Crippen molar-refractivity contribution in [3.05, 3.63) is 118 Å². The summed E-state index contributed by atoms with van der Waals surface area (Å²) in [6, 6.07) is 16.5. The van der Waals surface area contributed by atoms with Crippen LogP contribution in [-0.2, 0) is 49.7 Å². The number of benzene rings is 2. The number of rotatable bonds is 19. The summed E-state index contributed by atoms with van der Waals surface area (Å²) >= 11 is 0. The number of nitriles is 1. The van der Waals surface area contributed by atoms with E-state index in [-0.39, 0.29) is 52.5 Å². The fraction of sp³-hybridized carbons (Fsp3) is 0.366. The Labute approximate surface area is 389 Å². The molecule has 28 heteroatoms. The molecule has 2 aliphatic rings. The quantitative estimate of drug-likeness (QED) is 0.0438. The number of nitro benzene ring substituents is 1. The average Bonchev–Trinajstić information content (AvgIpc) is 4.19. The number of carbonyl (C=O) groups is 1. The standard InChI is InChI=1S/C41H40N12O14P2/c1-24-34(29(19-54)65-40(24)52-23-46-33-37(52)48-41-49(15-16-50(41)39(33)56)14-12-25-8-10-27(11-9-25)53(57)58)67-69(61,62-17-5-13-42)63-20-30-28(66-68(59)60)18-31(64-30)51-22-45-32-35(43-21-44-36(32)51)47-38(55)26-6-3-2-4-7-26/h2-4,6-11,15-16,21-24,28-31,34,40,54H,5,12,14,17-20H2,1H3,(H-,43,44,47,55,59,60)/p+1/t24-,28+,29-,30-,31-,34+,40-,69?/m1/s1. The summed E-state index contributed by atoms with van der Waals surface area (Å²) in [6.45, 7) is 0.422. The van der Waals surface area contributed by atoms with Crippen LogP contribution in [0.4, 0.5) is 11.5 Å². The van der Waals surface area contributed by atoms with Gasteiger partial charge in [0.1, 0.15) is 43.2 Å². The van der Waals surface area contributed by atoms with Gasteiger partial charge in [0, 0.05) is 53.5 Å². The second kappa shape index (κ2) is 20.1. The van der Waals surface area contributed by atoms with E-state index in [2.05, 4.69) is 25.3 Å². The summed E-state index contributed by atoms with van der Waals surface area (Å²) in [5.41, 5.74) is 1.31. The first-order chi connectivity index (χ1) is 33.3. The van der Waals surface area contributed by atoms with E-state index in [0.717, 1.165) is 5.56 Å². The Morgan fingerprint density at radius 1 is 1.03 bits per heavy atom. The van der Waals surface area contributed by atoms with Gasteiger partial charge in [-0.1, -0.05) is 37.3 Å². The number of carbonyl (C=O) groups excluding carboxylic acids is 1. The Morgan fingerprint density at radius 3 is 2.54 bits per heavy atom. The number of non-ortho nitro benzene ring substituents is 1. The molecular weight excluding hydrogens is 946 g/mol. The molecule has 7 aromatic rings. The van der Waals surface area contributed by atoms with Crippen molar-refractivity contribution in [2.24, 2.45) is 5.92 Å². The number of nitrogens with one attached hydrogen (secondary N) is 1. The summed E-state index contributed by atoms with van der Waals surface area (Å²) in [6.07, 6.45) is 0.796. The van der Waals surface area contributed by atoms with Gasteiger partial charge in [-0.15, -0.1) is 9.42 Å². The van der Waals surface area contributed by atoms with Crippen LogP contribution in [0.2, 0.25) is 0 Å². The minimum absolute atomic E-state index is 0.0119. The third-order valence-electron chi connectivity index (χ3n) is 11.6. The van der Waals surface area contributed by atoms with E-state index >= 15 is 0 Å². The van der Waals surface area contributed by atoms with Crippen LogP contribution < -0.4 is 10.9 Å². The molecule has 0 radical (unpaired) electrons. The lowest BCUT2D eigenvalue weighted by Crippen LogP contribution is -2.32. The van der Waals surface area contributed by atoms with Crippen molar-refractivity contribution in [1.82, 2.24) is 43.0 Å². The maximum atomic E-state index is 14.6. The van der Waals surface area contributed by atoms with E-state index in [9.17, 15) is 44.1 Å². The molecule has 3 N–H and O–H groups in total. The molecule has 2 fully saturated rings. The van der Waals surface area contributed by atoms with Gasteiger partial charge in [0.25, 0.3) is 17.2 Å². The number of ether oxygens (including phenoxy) is 2. The number of phosphoric acid groups is 1. The van der Waals surface area contributed by atoms with E-state index < -0.39 is 95.1 Å². The minimum atomic E-state index is -4.72. The number of aliphatic hydroxyl groups is 1. The predicted octanol–water partition coefficient (Wildman–Crippen LogP) is 4.38. The van der Waals surface area contributed by atoms with Gasteiger partial charge >= 0.3 is 16.1 Å². The normalized spacial score (nSPS) is 22.5. The van der Waals surface area contributed by atoms with E-state index in [0.29, 0.717) is 18.5 Å². The number of aromatic nitrogens is 9. The van der Waals surface area contributed by atoms with Crippen LogP contribution in [0.15, 0.2) is 90.8 Å². The predicted molar refractivity (Wildman–Crippen MR) is 237 cm³/mol. The van der Waals surface area contributed by atoms with E-state index in [4.69, 9.17) is 32.6 Å². The number of hydrogen-bond donors (Lipinski definition) is 3. The number of phosphoric ester groups is 1. The number of nitro groups is 1. The number of nitrogens with zero attached hydrogens (tertiary/aromatic N) is 11. The number of aliphatic hydroxyl groups excluding tert-OH is 1. The molecule has 0 bridgehead atoms. The lowest BCUT2D eigenvalue weighted by Gasteiger charge is -2.26. The van der Waals surface area contributed by atoms with Gasteiger partial charge in [-0.2, -0.15) is 10.2 Å². The molecule has 2 saturated heterocycles. The third kappa shape index (κ3) is 9.78. The molecule has 26 nitrogen and oxygen atoms in total. The van der Waals surface area contributed by atoms with Crippen LogP contribution in [0.1, 0.15) is 48.1 Å². The van der Waals surface area contributed by atoms with E-state index in [1.54, 1.807) is 66.3 Å². The van der Waals surface area contributed by atoms with Crippen LogP contribution in [0.5, 0.6) is 0 Å². The van der Waals surface area contributed by atoms with Crippen molar-refractivity contribution in [2.75, 3.05) is 25.1 Å². The Balaban J connectivity index is 0.927. The van der Waals surface area contributed by atoms with Crippen LogP contribution in [0.25, 0.3) is 28.1 Å². The van der Waals surface area contributed by atoms with Gasteiger partial charge in [0.2, 0.25) is 5.78 Å². The summed E-state index contributed by atoms with van der Waals surface area (Å²) in [4.78, 5) is 69.0. The fourth-order valence-corrected chi connectivity index (χ4v) is 10.1. The van der Waals surface area contributed by atoms with Gasteiger partial charge in [0.05, 0.1) is 49.9 Å². The molecule has 7 heterocycles. The molecule has 2 aliphatic heterocycles. The zero-order valence-electron chi connectivity index (χ0n) is 36.2. The minimum Gasteiger partial charge on any atom is -0.394 e. The number of aryl methyl sites for hydroxylation is 2. The highest BCUT2D eigenvalue weighted by molar-refractivity contribution is 7.48. The van der Waals surface area contributed by atoms with Gasteiger partial charge < -0.3 is 24.5 Å². The van der Waals surface area contributed by atoms with Crippen LogP contribution in [-0.4, -0.2) is 108 Å². The fourth-order valence-electron chi connectivity index (χ4n) is 8.21. The van der Waals surface area contributed by atoms with Crippen LogP contribution >= 0.6 is 16.1 Å². The monoisotopic (exact) mass is 987 g/mol. The Kier molecular flexibility index (Phi) is 13.8. The number of hydrogen-bond acceptors (Lipinski definition) is 19. The molecule has 2 aromatic carbocycles. The molecule has 358 valence electrons. The first-order valence-corrected chi connectivity index (χ1v) is 23.8. The number of imidazole rings is 3. The maximum Gasteiger partial charge on any atom is 0.695 e. The molecule has 69 heavy (non-hydrogen) atoms. The summed E-state index contributed by atoms with van der Waals surface area (Å²) in [5.74, 6) is -0.805. The van der Waals surface area contributed by atoms with Crippen LogP contribution in [0.3, 0.4) is 0 Å². The zero-order valence-corrected chi connectivity index (χ0v) is 38.0.